The third-order valence-electron chi connectivity index (χ3n) is 2.13. The summed E-state index contributed by atoms with van der Waals surface area (Å²) < 4.78 is 34.9. The second-order valence-corrected chi connectivity index (χ2v) is 5.35. The van der Waals surface area contributed by atoms with Crippen molar-refractivity contribution in [3.63, 3.8) is 0 Å². The van der Waals surface area contributed by atoms with Gasteiger partial charge in [-0.3, -0.25) is 4.57 Å². The Balaban J connectivity index is 2.89. The molecular weight excluding hydrogens is 208 g/mol. The molecule has 4 nitrogen and oxygen atoms in total. The number of hydrogen-bond acceptors (Lipinski definition) is 4. The first-order valence-electron chi connectivity index (χ1n) is 4.51. The van der Waals surface area contributed by atoms with Gasteiger partial charge >= 0.3 is 7.60 Å². The summed E-state index contributed by atoms with van der Waals surface area (Å²) in [4.78, 5) is 0. The van der Waals surface area contributed by atoms with Gasteiger partial charge in [-0.25, -0.2) is 4.39 Å². The highest BCUT2D eigenvalue weighted by molar-refractivity contribution is 7.56. The highest BCUT2D eigenvalue weighted by atomic mass is 31.2. The highest BCUT2D eigenvalue weighted by Crippen LogP contribution is 2.71. The van der Waals surface area contributed by atoms with E-state index in [1.54, 1.807) is 19.9 Å². The molecule has 14 heavy (non-hydrogen) atoms. The van der Waals surface area contributed by atoms with Gasteiger partial charge in [-0.05, 0) is 13.8 Å². The lowest BCUT2D eigenvalue weighted by molar-refractivity contribution is 0.211. The standard InChI is InChI=1S/C8H13FNO3P/c1-3-12-14(11,13-4-2)8(6-10)5-7(8)9/h7H,3-5H2,1-2H3/t7-,8+/m0/s1. The summed E-state index contributed by atoms with van der Waals surface area (Å²) in [5.74, 6) is 0. The van der Waals surface area contributed by atoms with Crippen LogP contribution >= 0.6 is 7.60 Å². The predicted molar refractivity (Wildman–Crippen MR) is 48.7 cm³/mol. The van der Waals surface area contributed by atoms with Gasteiger partial charge in [0, 0.05) is 6.42 Å². The van der Waals surface area contributed by atoms with Gasteiger partial charge in [0.25, 0.3) is 0 Å². The summed E-state index contributed by atoms with van der Waals surface area (Å²) in [6, 6.07) is 1.72. The molecule has 1 aliphatic carbocycles. The van der Waals surface area contributed by atoms with Crippen LogP contribution in [0.25, 0.3) is 0 Å². The maximum atomic E-state index is 13.0. The van der Waals surface area contributed by atoms with Crippen LogP contribution in [0.4, 0.5) is 4.39 Å². The molecule has 0 spiro atoms. The maximum absolute atomic E-state index is 13.0. The zero-order valence-corrected chi connectivity index (χ0v) is 9.09. The van der Waals surface area contributed by atoms with Gasteiger partial charge in [0.1, 0.15) is 6.17 Å². The Morgan fingerprint density at radius 1 is 1.57 bits per heavy atom. The van der Waals surface area contributed by atoms with Crippen LogP contribution in [0.5, 0.6) is 0 Å². The lowest BCUT2D eigenvalue weighted by atomic mass is 10.5. The van der Waals surface area contributed by atoms with Crippen molar-refractivity contribution in [2.75, 3.05) is 13.2 Å². The fourth-order valence-electron chi connectivity index (χ4n) is 1.28. The molecule has 0 aliphatic heterocycles. The van der Waals surface area contributed by atoms with Gasteiger partial charge in [-0.1, -0.05) is 0 Å². The largest absolute Gasteiger partial charge is 0.353 e. The van der Waals surface area contributed by atoms with Crippen LogP contribution in [0.15, 0.2) is 0 Å². The number of alkyl halides is 1. The van der Waals surface area contributed by atoms with Gasteiger partial charge < -0.3 is 9.05 Å². The van der Waals surface area contributed by atoms with E-state index in [0.717, 1.165) is 0 Å². The van der Waals surface area contributed by atoms with Crippen LogP contribution in [-0.2, 0) is 13.6 Å². The summed E-state index contributed by atoms with van der Waals surface area (Å²) in [5, 5.41) is 7.25. The van der Waals surface area contributed by atoms with Crippen molar-refractivity contribution < 1.29 is 18.0 Å². The number of nitriles is 1. The van der Waals surface area contributed by atoms with Crippen molar-refractivity contribution in [2.45, 2.75) is 31.6 Å². The minimum atomic E-state index is -3.60. The Kier molecular flexibility index (Phi) is 3.31. The molecule has 0 aromatic carbocycles. The van der Waals surface area contributed by atoms with Crippen LogP contribution < -0.4 is 0 Å². The van der Waals surface area contributed by atoms with Crippen LogP contribution in [0.3, 0.4) is 0 Å². The molecular formula is C8H13FNO3P. The number of hydrogen-bond donors (Lipinski definition) is 0. The third-order valence-corrected chi connectivity index (χ3v) is 4.87. The molecule has 0 heterocycles. The number of nitrogens with zero attached hydrogens (tertiary/aromatic N) is 1. The molecule has 0 amide bonds. The Bertz CT molecular complexity index is 293. The van der Waals surface area contributed by atoms with E-state index in [0.29, 0.717) is 0 Å². The van der Waals surface area contributed by atoms with E-state index >= 15 is 0 Å². The smallest absolute Gasteiger partial charge is 0.308 e. The van der Waals surface area contributed by atoms with Gasteiger partial charge in [0.15, 0.2) is 5.16 Å². The number of rotatable bonds is 5. The molecule has 0 unspecified atom stereocenters. The van der Waals surface area contributed by atoms with Crippen molar-refractivity contribution in [1.29, 1.82) is 5.26 Å². The zero-order valence-electron chi connectivity index (χ0n) is 8.20. The van der Waals surface area contributed by atoms with Crippen molar-refractivity contribution in [3.05, 3.63) is 0 Å². The van der Waals surface area contributed by atoms with Crippen molar-refractivity contribution in [1.82, 2.24) is 0 Å². The fraction of sp³-hybridized carbons (Fsp3) is 0.875. The van der Waals surface area contributed by atoms with Gasteiger partial charge in [-0.15, -0.1) is 0 Å². The van der Waals surface area contributed by atoms with Crippen molar-refractivity contribution in [3.8, 4) is 6.07 Å². The first kappa shape index (κ1) is 11.6. The summed E-state index contributed by atoms with van der Waals surface area (Å²) >= 11 is 0. The topological polar surface area (TPSA) is 59.3 Å². The van der Waals surface area contributed by atoms with E-state index < -0.39 is 18.9 Å². The summed E-state index contributed by atoms with van der Waals surface area (Å²) in [6.07, 6.45) is -1.45. The molecule has 80 valence electrons. The van der Waals surface area contributed by atoms with Crippen LogP contribution in [0.1, 0.15) is 20.3 Å². The lowest BCUT2D eigenvalue weighted by Gasteiger charge is -2.20. The average molecular weight is 221 g/mol. The number of halogens is 1. The second-order valence-electron chi connectivity index (χ2n) is 3.04. The Hall–Kier alpha value is -0.430. The highest BCUT2D eigenvalue weighted by Gasteiger charge is 2.70. The summed E-state index contributed by atoms with van der Waals surface area (Å²) in [7, 11) is -3.60. The molecule has 0 N–H and O–H groups in total. The minimum Gasteiger partial charge on any atom is -0.308 e. The minimum absolute atomic E-state index is 0.0548. The van der Waals surface area contributed by atoms with E-state index in [9.17, 15) is 8.96 Å². The quantitative estimate of drug-likeness (QED) is 0.668. The van der Waals surface area contributed by atoms with E-state index in [1.807, 2.05) is 0 Å². The molecule has 2 atom stereocenters. The van der Waals surface area contributed by atoms with E-state index in [2.05, 4.69) is 0 Å². The van der Waals surface area contributed by atoms with Gasteiger partial charge in [-0.2, -0.15) is 5.26 Å². The zero-order chi connectivity index (χ0) is 10.8. The molecule has 6 heteroatoms. The van der Waals surface area contributed by atoms with Crippen LogP contribution in [0, 0.1) is 11.3 Å². The van der Waals surface area contributed by atoms with Gasteiger partial charge in [0.05, 0.1) is 19.3 Å². The van der Waals surface area contributed by atoms with Crippen LogP contribution in [-0.4, -0.2) is 24.5 Å². The molecule has 0 radical (unpaired) electrons. The molecule has 0 bridgehead atoms. The Morgan fingerprint density at radius 2 is 2.00 bits per heavy atom. The maximum Gasteiger partial charge on any atom is 0.353 e. The predicted octanol–water partition coefficient (Wildman–Crippen LogP) is 2.26. The Morgan fingerprint density at radius 3 is 2.21 bits per heavy atom. The fourth-order valence-corrected chi connectivity index (χ4v) is 3.35. The molecule has 0 saturated heterocycles. The normalized spacial score (nSPS) is 31.1. The molecule has 1 fully saturated rings. The second kappa shape index (κ2) is 3.98. The van der Waals surface area contributed by atoms with Crippen LogP contribution in [0.2, 0.25) is 0 Å². The van der Waals surface area contributed by atoms with E-state index in [4.69, 9.17) is 14.3 Å². The lowest BCUT2D eigenvalue weighted by Crippen LogP contribution is -2.15. The third kappa shape index (κ3) is 1.58. The van der Waals surface area contributed by atoms with E-state index in [1.165, 1.54) is 0 Å². The molecule has 0 aromatic rings. The SMILES string of the molecule is CCOP(=O)(OCC)[C@@]1(C#N)C[C@@H]1F. The first-order valence-corrected chi connectivity index (χ1v) is 6.05. The molecule has 1 saturated carbocycles. The molecule has 1 rings (SSSR count). The average Bonchev–Trinajstić information content (AvgIpc) is 2.79. The summed E-state index contributed by atoms with van der Waals surface area (Å²) in [5.41, 5.74) is 0. The van der Waals surface area contributed by atoms with Gasteiger partial charge in [0.2, 0.25) is 0 Å². The van der Waals surface area contributed by atoms with Crippen molar-refractivity contribution >= 4 is 7.60 Å². The Labute approximate surface area is 82.5 Å². The van der Waals surface area contributed by atoms with Crippen molar-refractivity contribution in [2.24, 2.45) is 0 Å². The molecule has 0 aromatic heterocycles. The molecule has 1 aliphatic rings. The monoisotopic (exact) mass is 221 g/mol. The summed E-state index contributed by atoms with van der Waals surface area (Å²) in [6.45, 7) is 3.56. The van der Waals surface area contributed by atoms with E-state index in [-0.39, 0.29) is 19.6 Å². The first-order chi connectivity index (χ1) is 6.56.